The molecule has 3 heterocycles. The monoisotopic (exact) mass is 402 g/mol. The number of halogens is 1. The van der Waals surface area contributed by atoms with Gasteiger partial charge in [0.1, 0.15) is 11.4 Å². The standard InChI is InChI=1S/C21H27FN4O3/c22-15-4-6-16(7-5-15)26-18(27)14-17(19(26)28)24-12-8-21(9-13-24,20(23)29)25-10-2-1-3-11-25/h4-7,17H,1-3,8-14H2,(H2,23,29)/t17-/m1/s1. The van der Waals surface area contributed by atoms with Gasteiger partial charge in [0.15, 0.2) is 0 Å². The topological polar surface area (TPSA) is 87.0 Å². The summed E-state index contributed by atoms with van der Waals surface area (Å²) < 4.78 is 13.2. The number of imide groups is 1. The molecule has 3 aliphatic rings. The first kappa shape index (κ1) is 20.0. The van der Waals surface area contributed by atoms with Gasteiger partial charge in [-0.15, -0.1) is 0 Å². The van der Waals surface area contributed by atoms with Crippen molar-refractivity contribution in [2.24, 2.45) is 5.73 Å². The second-order valence-corrected chi connectivity index (χ2v) is 8.24. The van der Waals surface area contributed by atoms with E-state index in [1.165, 1.54) is 30.7 Å². The maximum atomic E-state index is 13.2. The number of likely N-dealkylation sites (tertiary alicyclic amines) is 2. The fourth-order valence-electron chi connectivity index (χ4n) is 5.01. The Balaban J connectivity index is 1.47. The Kier molecular flexibility index (Phi) is 5.40. The van der Waals surface area contributed by atoms with Gasteiger partial charge in [-0.1, -0.05) is 6.42 Å². The van der Waals surface area contributed by atoms with Crippen LogP contribution in [-0.4, -0.2) is 65.3 Å². The molecule has 1 atom stereocenters. The van der Waals surface area contributed by atoms with Gasteiger partial charge in [0.2, 0.25) is 11.8 Å². The second kappa shape index (κ2) is 7.84. The van der Waals surface area contributed by atoms with E-state index in [2.05, 4.69) is 4.90 Å². The molecule has 3 saturated heterocycles. The Labute approximate surface area is 169 Å². The number of benzene rings is 1. The lowest BCUT2D eigenvalue weighted by Gasteiger charge is -2.48. The maximum absolute atomic E-state index is 13.2. The highest BCUT2D eigenvalue weighted by Crippen LogP contribution is 2.34. The van der Waals surface area contributed by atoms with Crippen molar-refractivity contribution in [1.29, 1.82) is 0 Å². The number of amides is 3. The van der Waals surface area contributed by atoms with Crippen molar-refractivity contribution in [2.75, 3.05) is 31.1 Å². The van der Waals surface area contributed by atoms with Crippen LogP contribution in [0.3, 0.4) is 0 Å². The zero-order chi connectivity index (χ0) is 20.6. The fourth-order valence-corrected chi connectivity index (χ4v) is 5.01. The number of carbonyl (C=O) groups is 3. The van der Waals surface area contributed by atoms with Gasteiger partial charge in [0, 0.05) is 13.1 Å². The zero-order valence-corrected chi connectivity index (χ0v) is 16.5. The minimum Gasteiger partial charge on any atom is -0.368 e. The van der Waals surface area contributed by atoms with Gasteiger partial charge >= 0.3 is 0 Å². The maximum Gasteiger partial charge on any atom is 0.251 e. The number of hydrogen-bond acceptors (Lipinski definition) is 5. The van der Waals surface area contributed by atoms with Crippen molar-refractivity contribution >= 4 is 23.4 Å². The van der Waals surface area contributed by atoms with Gasteiger partial charge in [0.25, 0.3) is 5.91 Å². The third-order valence-electron chi connectivity index (χ3n) is 6.69. The van der Waals surface area contributed by atoms with Crippen molar-refractivity contribution in [1.82, 2.24) is 9.80 Å². The van der Waals surface area contributed by atoms with E-state index < -0.39 is 17.4 Å². The molecule has 0 unspecified atom stereocenters. The Morgan fingerprint density at radius 2 is 1.62 bits per heavy atom. The van der Waals surface area contributed by atoms with E-state index in [4.69, 9.17) is 5.73 Å². The number of rotatable bonds is 4. The lowest BCUT2D eigenvalue weighted by Crippen LogP contribution is -2.64. The van der Waals surface area contributed by atoms with Crippen molar-refractivity contribution in [3.63, 3.8) is 0 Å². The Morgan fingerprint density at radius 3 is 2.21 bits per heavy atom. The molecule has 1 aromatic carbocycles. The third-order valence-corrected chi connectivity index (χ3v) is 6.69. The lowest BCUT2D eigenvalue weighted by molar-refractivity contribution is -0.136. The molecule has 4 rings (SSSR count). The van der Waals surface area contributed by atoms with Crippen LogP contribution in [0.25, 0.3) is 0 Å². The molecule has 29 heavy (non-hydrogen) atoms. The van der Waals surface area contributed by atoms with E-state index in [0.29, 0.717) is 31.6 Å². The van der Waals surface area contributed by atoms with E-state index >= 15 is 0 Å². The number of anilines is 1. The molecule has 8 heteroatoms. The van der Waals surface area contributed by atoms with Crippen LogP contribution < -0.4 is 10.6 Å². The van der Waals surface area contributed by atoms with E-state index in [9.17, 15) is 18.8 Å². The first-order chi connectivity index (χ1) is 13.9. The first-order valence-corrected chi connectivity index (χ1v) is 10.3. The predicted molar refractivity (Wildman–Crippen MR) is 105 cm³/mol. The van der Waals surface area contributed by atoms with Crippen LogP contribution >= 0.6 is 0 Å². The average Bonchev–Trinajstić information content (AvgIpc) is 3.03. The number of piperidine rings is 2. The lowest BCUT2D eigenvalue weighted by atomic mass is 9.83. The molecule has 0 aromatic heterocycles. The van der Waals surface area contributed by atoms with E-state index in [-0.39, 0.29) is 24.1 Å². The summed E-state index contributed by atoms with van der Waals surface area (Å²) in [6.07, 6.45) is 4.55. The molecule has 0 aliphatic carbocycles. The van der Waals surface area contributed by atoms with Crippen LogP contribution in [0.15, 0.2) is 24.3 Å². The predicted octanol–water partition coefficient (Wildman–Crippen LogP) is 1.26. The molecule has 3 fully saturated rings. The van der Waals surface area contributed by atoms with Crippen LogP contribution in [-0.2, 0) is 14.4 Å². The summed E-state index contributed by atoms with van der Waals surface area (Å²) in [5, 5.41) is 0. The van der Waals surface area contributed by atoms with Crippen LogP contribution in [0.5, 0.6) is 0 Å². The minimum absolute atomic E-state index is 0.101. The summed E-state index contributed by atoms with van der Waals surface area (Å²) in [7, 11) is 0. The molecular weight excluding hydrogens is 375 g/mol. The molecule has 0 saturated carbocycles. The third kappa shape index (κ3) is 3.55. The molecule has 156 valence electrons. The molecule has 2 N–H and O–H groups in total. The number of primary amides is 1. The number of carbonyl (C=O) groups excluding carboxylic acids is 3. The van der Waals surface area contributed by atoms with Gasteiger partial charge in [-0.2, -0.15) is 0 Å². The first-order valence-electron chi connectivity index (χ1n) is 10.3. The zero-order valence-electron chi connectivity index (χ0n) is 16.5. The number of nitrogens with two attached hydrogens (primary N) is 1. The summed E-state index contributed by atoms with van der Waals surface area (Å²) in [4.78, 5) is 43.2. The Hall–Kier alpha value is -2.32. The highest BCUT2D eigenvalue weighted by molar-refractivity contribution is 6.22. The van der Waals surface area contributed by atoms with Gasteiger partial charge < -0.3 is 5.73 Å². The van der Waals surface area contributed by atoms with E-state index in [1.807, 2.05) is 4.90 Å². The number of nitrogens with zero attached hydrogens (tertiary/aromatic N) is 3. The van der Waals surface area contributed by atoms with E-state index in [1.54, 1.807) is 0 Å². The largest absolute Gasteiger partial charge is 0.368 e. The van der Waals surface area contributed by atoms with Crippen LogP contribution in [0.4, 0.5) is 10.1 Å². The highest BCUT2D eigenvalue weighted by Gasteiger charge is 2.49. The van der Waals surface area contributed by atoms with Crippen molar-refractivity contribution in [3.8, 4) is 0 Å². The van der Waals surface area contributed by atoms with Gasteiger partial charge in [-0.3, -0.25) is 24.2 Å². The molecular formula is C21H27FN4O3. The molecule has 7 nitrogen and oxygen atoms in total. The quantitative estimate of drug-likeness (QED) is 0.767. The van der Waals surface area contributed by atoms with Crippen molar-refractivity contribution in [3.05, 3.63) is 30.1 Å². The molecule has 3 amide bonds. The molecule has 1 aromatic rings. The summed E-state index contributed by atoms with van der Waals surface area (Å²) in [6, 6.07) is 4.82. The summed E-state index contributed by atoms with van der Waals surface area (Å²) >= 11 is 0. The second-order valence-electron chi connectivity index (χ2n) is 8.24. The van der Waals surface area contributed by atoms with Crippen molar-refractivity contribution in [2.45, 2.75) is 50.1 Å². The Bertz CT molecular complexity index is 799. The summed E-state index contributed by atoms with van der Waals surface area (Å²) in [5.74, 6) is -1.28. The van der Waals surface area contributed by atoms with Crippen LogP contribution in [0.1, 0.15) is 38.5 Å². The Morgan fingerprint density at radius 1 is 1.00 bits per heavy atom. The van der Waals surface area contributed by atoms with Gasteiger partial charge in [-0.25, -0.2) is 9.29 Å². The smallest absolute Gasteiger partial charge is 0.251 e. The summed E-state index contributed by atoms with van der Waals surface area (Å²) in [6.45, 7) is 2.84. The molecule has 0 radical (unpaired) electrons. The van der Waals surface area contributed by atoms with Crippen LogP contribution in [0, 0.1) is 5.82 Å². The SMILES string of the molecule is NC(=O)C1(N2CCCCC2)CCN([C@@H]2CC(=O)N(c3ccc(F)cc3)C2=O)CC1. The van der Waals surface area contributed by atoms with Crippen LogP contribution in [0.2, 0.25) is 0 Å². The average molecular weight is 402 g/mol. The van der Waals surface area contributed by atoms with Crippen molar-refractivity contribution < 1.29 is 18.8 Å². The summed E-state index contributed by atoms with van der Waals surface area (Å²) in [5.41, 5.74) is 5.57. The van der Waals surface area contributed by atoms with E-state index in [0.717, 1.165) is 30.8 Å². The van der Waals surface area contributed by atoms with Gasteiger partial charge in [0.05, 0.1) is 18.2 Å². The molecule has 0 spiro atoms. The molecule has 3 aliphatic heterocycles. The normalized spacial score (nSPS) is 26.1. The highest BCUT2D eigenvalue weighted by atomic mass is 19.1. The number of hydrogen-bond donors (Lipinski definition) is 1. The fraction of sp³-hybridized carbons (Fsp3) is 0.571. The van der Waals surface area contributed by atoms with Gasteiger partial charge in [-0.05, 0) is 63.0 Å². The molecule has 0 bridgehead atoms. The minimum atomic E-state index is -0.654.